The lowest BCUT2D eigenvalue weighted by atomic mass is 9.66. The van der Waals surface area contributed by atoms with E-state index in [9.17, 15) is 9.59 Å². The molecule has 1 unspecified atom stereocenters. The summed E-state index contributed by atoms with van der Waals surface area (Å²) in [5, 5.41) is 7.42. The number of rotatable bonds is 3. The van der Waals surface area contributed by atoms with Gasteiger partial charge in [0.2, 0.25) is 11.8 Å². The van der Waals surface area contributed by atoms with Gasteiger partial charge in [0.25, 0.3) is 0 Å². The van der Waals surface area contributed by atoms with Crippen molar-refractivity contribution < 1.29 is 14.1 Å². The average molecular weight is 345 g/mol. The van der Waals surface area contributed by atoms with Gasteiger partial charge < -0.3 is 9.84 Å². The van der Waals surface area contributed by atoms with Crippen LogP contribution in [0.15, 0.2) is 4.52 Å². The van der Waals surface area contributed by atoms with Crippen LogP contribution in [0.25, 0.3) is 0 Å². The molecule has 1 N–H and O–H groups in total. The number of nitrogens with one attached hydrogen (secondary N) is 1. The van der Waals surface area contributed by atoms with Gasteiger partial charge in [0.15, 0.2) is 5.82 Å². The van der Waals surface area contributed by atoms with Gasteiger partial charge in [-0.25, -0.2) is 0 Å². The lowest BCUT2D eigenvalue weighted by Gasteiger charge is -2.40. The Morgan fingerprint density at radius 1 is 1.12 bits per heavy atom. The second-order valence-corrected chi connectivity index (χ2v) is 8.16. The highest BCUT2D eigenvalue weighted by atomic mass is 16.5. The van der Waals surface area contributed by atoms with E-state index in [1.54, 1.807) is 6.92 Å². The van der Waals surface area contributed by atoms with Crippen LogP contribution < -0.4 is 5.32 Å². The second-order valence-electron chi connectivity index (χ2n) is 8.16. The summed E-state index contributed by atoms with van der Waals surface area (Å²) >= 11 is 0. The van der Waals surface area contributed by atoms with Crippen LogP contribution in [0.5, 0.6) is 0 Å². The van der Waals surface area contributed by atoms with E-state index in [0.717, 1.165) is 44.9 Å². The van der Waals surface area contributed by atoms with Gasteiger partial charge in [-0.1, -0.05) is 30.8 Å². The minimum absolute atomic E-state index is 0.0557. The van der Waals surface area contributed by atoms with Crippen molar-refractivity contribution in [1.29, 1.82) is 0 Å². The number of Topliss-reactive ketones (excluding diaryl/α,β-unsaturated/α-hetero) is 1. The molecule has 1 heterocycles. The number of aryl methyl sites for hydroxylation is 1. The predicted octanol–water partition coefficient (Wildman–Crippen LogP) is 3.05. The minimum Gasteiger partial charge on any atom is -0.343 e. The highest BCUT2D eigenvalue weighted by Gasteiger charge is 2.45. The average Bonchev–Trinajstić information content (AvgIpc) is 3.02. The standard InChI is InChI=1S/C19H27N3O3/c1-12-20-18(22-25-12)19(8-3-2-4-9-19)21-17(24)15-10-13-6-5-7-14(11-15)16(13)23/h13-15H,2-11H2,1H3,(H,21,24)/t13-,14+,15?. The van der Waals surface area contributed by atoms with Crippen molar-refractivity contribution in [3.8, 4) is 0 Å². The maximum absolute atomic E-state index is 13.1. The molecule has 3 fully saturated rings. The number of aromatic nitrogens is 2. The Balaban J connectivity index is 1.52. The van der Waals surface area contributed by atoms with E-state index >= 15 is 0 Å². The van der Waals surface area contributed by atoms with Gasteiger partial charge >= 0.3 is 0 Å². The van der Waals surface area contributed by atoms with Crippen molar-refractivity contribution in [3.63, 3.8) is 0 Å². The summed E-state index contributed by atoms with van der Waals surface area (Å²) in [5.74, 6) is 1.76. The summed E-state index contributed by atoms with van der Waals surface area (Å²) < 4.78 is 5.19. The predicted molar refractivity (Wildman–Crippen MR) is 90.5 cm³/mol. The van der Waals surface area contributed by atoms with Crippen LogP contribution in [0, 0.1) is 24.7 Å². The van der Waals surface area contributed by atoms with E-state index in [1.165, 1.54) is 6.42 Å². The molecule has 3 saturated carbocycles. The molecule has 0 spiro atoms. The number of hydrogen-bond acceptors (Lipinski definition) is 5. The van der Waals surface area contributed by atoms with Crippen LogP contribution >= 0.6 is 0 Å². The molecular weight excluding hydrogens is 318 g/mol. The zero-order valence-electron chi connectivity index (χ0n) is 14.9. The van der Waals surface area contributed by atoms with Crippen LogP contribution in [-0.4, -0.2) is 21.8 Å². The fourth-order valence-corrected chi connectivity index (χ4v) is 5.09. The van der Waals surface area contributed by atoms with Crippen molar-refractivity contribution in [3.05, 3.63) is 11.7 Å². The fourth-order valence-electron chi connectivity index (χ4n) is 5.09. The Morgan fingerprint density at radius 3 is 2.40 bits per heavy atom. The molecule has 0 saturated heterocycles. The Hall–Kier alpha value is -1.72. The van der Waals surface area contributed by atoms with Gasteiger partial charge in [0.1, 0.15) is 11.3 Å². The molecule has 0 aromatic carbocycles. The van der Waals surface area contributed by atoms with Crippen LogP contribution in [0.3, 0.4) is 0 Å². The first-order valence-electron chi connectivity index (χ1n) is 9.74. The Bertz CT molecular complexity index is 647. The molecule has 4 rings (SSSR count). The summed E-state index contributed by atoms with van der Waals surface area (Å²) in [6.07, 6.45) is 9.46. The first-order valence-corrected chi connectivity index (χ1v) is 9.74. The lowest BCUT2D eigenvalue weighted by molar-refractivity contribution is -0.138. The number of amides is 1. The maximum Gasteiger partial charge on any atom is 0.223 e. The van der Waals surface area contributed by atoms with E-state index < -0.39 is 5.54 Å². The molecule has 1 amide bonds. The molecule has 1 aromatic heterocycles. The molecule has 25 heavy (non-hydrogen) atoms. The zero-order chi connectivity index (χ0) is 17.4. The van der Waals surface area contributed by atoms with E-state index in [-0.39, 0.29) is 23.7 Å². The van der Waals surface area contributed by atoms with Gasteiger partial charge in [-0.2, -0.15) is 4.98 Å². The molecule has 0 radical (unpaired) electrons. The fraction of sp³-hybridized carbons (Fsp3) is 0.789. The number of carbonyl (C=O) groups excluding carboxylic acids is 2. The van der Waals surface area contributed by atoms with Gasteiger partial charge in [0, 0.05) is 24.7 Å². The van der Waals surface area contributed by atoms with E-state index in [1.807, 2.05) is 0 Å². The molecular formula is C19H27N3O3. The smallest absolute Gasteiger partial charge is 0.223 e. The topological polar surface area (TPSA) is 85.1 Å². The SMILES string of the molecule is Cc1nc(C2(NC(=O)C3C[C@H]4CCC[C@@H](C3)C4=O)CCCCC2)no1. The highest BCUT2D eigenvalue weighted by molar-refractivity contribution is 5.88. The van der Waals surface area contributed by atoms with Gasteiger partial charge in [-0.3, -0.25) is 9.59 Å². The summed E-state index contributed by atoms with van der Waals surface area (Å²) in [4.78, 5) is 29.8. The van der Waals surface area contributed by atoms with Crippen molar-refractivity contribution >= 4 is 11.7 Å². The Labute approximate surface area is 148 Å². The van der Waals surface area contributed by atoms with E-state index in [0.29, 0.717) is 30.3 Å². The van der Waals surface area contributed by atoms with Gasteiger partial charge in [0.05, 0.1) is 0 Å². The zero-order valence-corrected chi connectivity index (χ0v) is 14.9. The molecule has 3 aliphatic rings. The first kappa shape index (κ1) is 16.7. The van der Waals surface area contributed by atoms with Crippen LogP contribution in [0.2, 0.25) is 0 Å². The third kappa shape index (κ3) is 3.11. The highest BCUT2D eigenvalue weighted by Crippen LogP contribution is 2.41. The molecule has 6 nitrogen and oxygen atoms in total. The summed E-state index contributed by atoms with van der Waals surface area (Å²) in [6, 6.07) is 0. The summed E-state index contributed by atoms with van der Waals surface area (Å²) in [6.45, 7) is 1.78. The van der Waals surface area contributed by atoms with Crippen molar-refractivity contribution in [1.82, 2.24) is 15.5 Å². The number of hydrogen-bond donors (Lipinski definition) is 1. The van der Waals surface area contributed by atoms with E-state index in [4.69, 9.17) is 4.52 Å². The van der Waals surface area contributed by atoms with Crippen LogP contribution in [0.1, 0.15) is 75.9 Å². The van der Waals surface area contributed by atoms with Gasteiger partial charge in [-0.05, 0) is 38.5 Å². The molecule has 3 atom stereocenters. The maximum atomic E-state index is 13.1. The number of nitrogens with zero attached hydrogens (tertiary/aromatic N) is 2. The van der Waals surface area contributed by atoms with Crippen molar-refractivity contribution in [2.45, 2.75) is 76.7 Å². The molecule has 3 aliphatic carbocycles. The Morgan fingerprint density at radius 2 is 1.80 bits per heavy atom. The molecule has 1 aromatic rings. The van der Waals surface area contributed by atoms with Gasteiger partial charge in [-0.15, -0.1) is 0 Å². The number of ketones is 1. The van der Waals surface area contributed by atoms with Crippen LogP contribution in [0.4, 0.5) is 0 Å². The summed E-state index contributed by atoms with van der Waals surface area (Å²) in [7, 11) is 0. The third-order valence-corrected chi connectivity index (χ3v) is 6.44. The first-order chi connectivity index (χ1) is 12.1. The molecule has 2 bridgehead atoms. The molecule has 136 valence electrons. The quantitative estimate of drug-likeness (QED) is 0.910. The molecule has 6 heteroatoms. The van der Waals surface area contributed by atoms with Crippen molar-refractivity contribution in [2.75, 3.05) is 0 Å². The monoisotopic (exact) mass is 345 g/mol. The summed E-state index contributed by atoms with van der Waals surface area (Å²) in [5.41, 5.74) is -0.496. The minimum atomic E-state index is -0.496. The number of fused-ring (bicyclic) bond motifs is 2. The second kappa shape index (κ2) is 6.54. The normalized spacial score (nSPS) is 31.6. The molecule has 0 aliphatic heterocycles. The van der Waals surface area contributed by atoms with Crippen molar-refractivity contribution in [2.24, 2.45) is 17.8 Å². The Kier molecular flexibility index (Phi) is 4.38. The largest absolute Gasteiger partial charge is 0.343 e. The van der Waals surface area contributed by atoms with E-state index in [2.05, 4.69) is 15.5 Å². The lowest BCUT2D eigenvalue weighted by Crippen LogP contribution is -2.52. The van der Waals surface area contributed by atoms with Crippen LogP contribution in [-0.2, 0) is 15.1 Å². The number of carbonyl (C=O) groups is 2. The third-order valence-electron chi connectivity index (χ3n) is 6.44.